The van der Waals surface area contributed by atoms with E-state index in [1.165, 1.54) is 28.4 Å². The molecule has 416 valence electrons. The van der Waals surface area contributed by atoms with E-state index in [1.807, 2.05) is 52.0 Å². The number of hydrogen-bond donors (Lipinski definition) is 3. The van der Waals surface area contributed by atoms with Gasteiger partial charge in [-0.3, -0.25) is 9.59 Å². The first-order chi connectivity index (χ1) is 34.4. The molecule has 0 aliphatic carbocycles. The van der Waals surface area contributed by atoms with Crippen molar-refractivity contribution >= 4 is 11.9 Å². The molecule has 18 nitrogen and oxygen atoms in total. The van der Waals surface area contributed by atoms with Gasteiger partial charge in [0.1, 0.15) is 72.9 Å². The average Bonchev–Trinajstić information content (AvgIpc) is 3.35. The van der Waals surface area contributed by atoms with E-state index < -0.39 is 104 Å². The molecule has 3 aliphatic rings. The Morgan fingerprint density at radius 2 is 1.07 bits per heavy atom. The first-order valence-electron chi connectivity index (χ1n) is 26.5. The van der Waals surface area contributed by atoms with E-state index in [0.29, 0.717) is 37.4 Å². The van der Waals surface area contributed by atoms with Crippen LogP contribution in [0.1, 0.15) is 132 Å². The quantitative estimate of drug-likeness (QED) is 0.0557. The Kier molecular flexibility index (Phi) is 26.6. The van der Waals surface area contributed by atoms with Gasteiger partial charge in [-0.1, -0.05) is 72.9 Å². The number of aliphatic hydroxyl groups is 3. The van der Waals surface area contributed by atoms with Crippen molar-refractivity contribution < 1.29 is 86.5 Å². The van der Waals surface area contributed by atoms with Crippen molar-refractivity contribution in [2.24, 2.45) is 17.8 Å². The number of esters is 2. The second-order valence-corrected chi connectivity index (χ2v) is 20.2. The maximum absolute atomic E-state index is 13.5. The normalized spacial score (nSPS) is 33.5. The van der Waals surface area contributed by atoms with Crippen LogP contribution in [0, 0.1) is 17.8 Å². The van der Waals surface area contributed by atoms with Gasteiger partial charge in [-0.05, 0) is 82.9 Å². The Morgan fingerprint density at radius 3 is 1.61 bits per heavy atom. The summed E-state index contributed by atoms with van der Waals surface area (Å²) in [5.41, 5.74) is 0.886. The van der Waals surface area contributed by atoms with Crippen molar-refractivity contribution in [1.82, 2.24) is 0 Å². The molecule has 0 saturated carbocycles. The van der Waals surface area contributed by atoms with Gasteiger partial charge in [0.25, 0.3) is 0 Å². The van der Waals surface area contributed by atoms with Crippen molar-refractivity contribution in [2.75, 3.05) is 35.5 Å². The van der Waals surface area contributed by atoms with Gasteiger partial charge in [-0.15, -0.1) is 0 Å². The van der Waals surface area contributed by atoms with E-state index >= 15 is 0 Å². The Bertz CT molecular complexity index is 1680. The standard InChI is InChI=1S/C54H92O18/c1-15-20-31(5)50(58)68-38(23-19-18-22-30(4)40(17-3)60-10)29-39(69-51(59)32(6)21-16-2)28-36-24-26-37(27-25-36)70-53-49(64-14)47(44(61-11)35(9)67-53)72-54-48(63-13)45(42(56)34(8)66-54)71-52-46(62-12)43(57)41(55)33(7)65-52/h24-27,30-35,38-49,52-57H,15-23,28-29H2,1-14H3. The zero-order valence-corrected chi connectivity index (χ0v) is 45.7. The van der Waals surface area contributed by atoms with Crippen LogP contribution >= 0.6 is 0 Å². The van der Waals surface area contributed by atoms with E-state index in [0.717, 1.165) is 50.5 Å². The molecule has 1 aromatic carbocycles. The van der Waals surface area contributed by atoms with E-state index in [4.69, 9.17) is 61.6 Å². The predicted octanol–water partition coefficient (Wildman–Crippen LogP) is 6.46. The molecular formula is C54H92O18. The van der Waals surface area contributed by atoms with Crippen LogP contribution in [-0.2, 0) is 72.9 Å². The van der Waals surface area contributed by atoms with Gasteiger partial charge >= 0.3 is 11.9 Å². The molecular weight excluding hydrogens is 937 g/mol. The van der Waals surface area contributed by atoms with Crippen molar-refractivity contribution in [2.45, 2.75) is 243 Å². The molecule has 0 spiro atoms. The van der Waals surface area contributed by atoms with Crippen LogP contribution in [-0.4, -0.2) is 173 Å². The highest BCUT2D eigenvalue weighted by Crippen LogP contribution is 2.36. The summed E-state index contributed by atoms with van der Waals surface area (Å²) in [4.78, 5) is 26.9. The van der Waals surface area contributed by atoms with Gasteiger partial charge in [0.05, 0.1) is 36.3 Å². The molecule has 72 heavy (non-hydrogen) atoms. The maximum atomic E-state index is 13.5. The Morgan fingerprint density at radius 1 is 0.569 bits per heavy atom. The van der Waals surface area contributed by atoms with E-state index in [1.54, 1.807) is 21.0 Å². The lowest BCUT2D eigenvalue weighted by atomic mass is 9.94. The Hall–Kier alpha value is -2.56. The van der Waals surface area contributed by atoms with Gasteiger partial charge in [-0.25, -0.2) is 0 Å². The molecule has 3 aliphatic heterocycles. The Balaban J connectivity index is 1.53. The van der Waals surface area contributed by atoms with Crippen molar-refractivity contribution in [3.05, 3.63) is 29.8 Å². The van der Waals surface area contributed by atoms with E-state index in [9.17, 15) is 24.9 Å². The number of ether oxygens (including phenoxy) is 13. The topological polar surface area (TPSA) is 215 Å². The van der Waals surface area contributed by atoms with Crippen LogP contribution in [0.2, 0.25) is 0 Å². The summed E-state index contributed by atoms with van der Waals surface area (Å²) in [6.07, 6.45) is -7.43. The van der Waals surface area contributed by atoms with Crippen LogP contribution in [0.15, 0.2) is 24.3 Å². The number of carbonyl (C=O) groups is 2. The van der Waals surface area contributed by atoms with Crippen molar-refractivity contribution in [1.29, 1.82) is 0 Å². The second kappa shape index (κ2) is 30.9. The molecule has 21 unspecified atom stereocenters. The van der Waals surface area contributed by atoms with Crippen LogP contribution in [0.5, 0.6) is 5.75 Å². The third-order valence-corrected chi connectivity index (χ3v) is 14.7. The monoisotopic (exact) mass is 1030 g/mol. The van der Waals surface area contributed by atoms with Gasteiger partial charge in [0, 0.05) is 48.4 Å². The zero-order chi connectivity index (χ0) is 53.2. The minimum absolute atomic E-state index is 0.197. The molecule has 3 heterocycles. The number of carbonyl (C=O) groups excluding carboxylic acids is 2. The fourth-order valence-corrected chi connectivity index (χ4v) is 10.2. The molecule has 0 bridgehead atoms. The Labute approximate surface area is 429 Å². The molecule has 4 rings (SSSR count). The molecule has 3 fully saturated rings. The third-order valence-electron chi connectivity index (χ3n) is 14.7. The highest BCUT2D eigenvalue weighted by molar-refractivity contribution is 5.72. The number of aliphatic hydroxyl groups excluding tert-OH is 3. The summed E-state index contributed by atoms with van der Waals surface area (Å²) in [7, 11) is 7.60. The summed E-state index contributed by atoms with van der Waals surface area (Å²) < 4.78 is 79.5. The minimum atomic E-state index is -1.32. The van der Waals surface area contributed by atoms with Gasteiger partial charge < -0.3 is 76.9 Å². The summed E-state index contributed by atoms with van der Waals surface area (Å²) in [6.45, 7) is 17.3. The lowest BCUT2D eigenvalue weighted by Gasteiger charge is -2.49. The number of benzene rings is 1. The number of rotatable bonds is 30. The highest BCUT2D eigenvalue weighted by Gasteiger charge is 2.54. The largest absolute Gasteiger partial charge is 0.462 e. The third kappa shape index (κ3) is 17.0. The number of unbranched alkanes of at least 4 members (excludes halogenated alkanes) is 1. The summed E-state index contributed by atoms with van der Waals surface area (Å²) in [5.74, 6) is -0.159. The summed E-state index contributed by atoms with van der Waals surface area (Å²) in [6, 6.07) is 7.45. The minimum Gasteiger partial charge on any atom is -0.462 e. The lowest BCUT2D eigenvalue weighted by molar-refractivity contribution is -0.377. The summed E-state index contributed by atoms with van der Waals surface area (Å²) in [5, 5.41) is 32.6. The SMILES string of the molecule is CCCC(C)C(=O)OC(CCCCC(C)C(CC)OC)CC(Cc1ccc(OC2OC(C)C(OC)C(OC3OC(C)C(O)C(OC4OC(C)C(O)C(O)C4OC)C3OC)C2OC)cc1)OC(=O)C(C)CCC. The molecule has 3 N–H and O–H groups in total. The first-order valence-corrected chi connectivity index (χ1v) is 26.5. The fraction of sp³-hybridized carbons (Fsp3) is 0.852. The summed E-state index contributed by atoms with van der Waals surface area (Å²) >= 11 is 0. The first kappa shape index (κ1) is 62.0. The van der Waals surface area contributed by atoms with Crippen LogP contribution in [0.25, 0.3) is 0 Å². The maximum Gasteiger partial charge on any atom is 0.308 e. The van der Waals surface area contributed by atoms with E-state index in [2.05, 4.69) is 20.8 Å². The molecule has 1 aromatic rings. The van der Waals surface area contributed by atoms with Gasteiger partial charge in [0.15, 0.2) is 12.6 Å². The van der Waals surface area contributed by atoms with Crippen molar-refractivity contribution in [3.8, 4) is 5.75 Å². The molecule has 21 atom stereocenters. The fourth-order valence-electron chi connectivity index (χ4n) is 10.2. The van der Waals surface area contributed by atoms with Crippen LogP contribution < -0.4 is 4.74 Å². The van der Waals surface area contributed by atoms with Gasteiger partial charge in [-0.2, -0.15) is 0 Å². The van der Waals surface area contributed by atoms with Crippen LogP contribution in [0.4, 0.5) is 0 Å². The number of hydrogen-bond acceptors (Lipinski definition) is 18. The average molecular weight is 1030 g/mol. The predicted molar refractivity (Wildman–Crippen MR) is 266 cm³/mol. The molecule has 0 radical (unpaired) electrons. The zero-order valence-electron chi connectivity index (χ0n) is 45.7. The lowest BCUT2D eigenvalue weighted by Crippen LogP contribution is -2.66. The molecule has 3 saturated heterocycles. The second-order valence-electron chi connectivity index (χ2n) is 20.2. The van der Waals surface area contributed by atoms with Crippen molar-refractivity contribution in [3.63, 3.8) is 0 Å². The molecule has 18 heteroatoms. The molecule has 0 amide bonds. The van der Waals surface area contributed by atoms with Gasteiger partial charge in [0.2, 0.25) is 6.29 Å². The molecule has 0 aromatic heterocycles. The smallest absolute Gasteiger partial charge is 0.308 e. The highest BCUT2D eigenvalue weighted by atomic mass is 16.8. The number of methoxy groups -OCH3 is 5. The van der Waals surface area contributed by atoms with Crippen LogP contribution in [0.3, 0.4) is 0 Å². The van der Waals surface area contributed by atoms with E-state index in [-0.39, 0.29) is 29.9 Å².